The van der Waals surface area contributed by atoms with Gasteiger partial charge in [0.1, 0.15) is 0 Å². The first kappa shape index (κ1) is 9.86. The van der Waals surface area contributed by atoms with Crippen LogP contribution in [0.4, 0.5) is 0 Å². The molecule has 1 heterocycles. The van der Waals surface area contributed by atoms with E-state index >= 15 is 0 Å². The minimum absolute atomic E-state index is 0.220. The van der Waals surface area contributed by atoms with Gasteiger partial charge < -0.3 is 4.90 Å². The summed E-state index contributed by atoms with van der Waals surface area (Å²) in [6.45, 7) is 0.495. The number of hydrogen-bond donors (Lipinski definition) is 0. The molecule has 0 saturated heterocycles. The van der Waals surface area contributed by atoms with Gasteiger partial charge >= 0.3 is 0 Å². The highest BCUT2D eigenvalue weighted by atomic mass is 16.1. The molecule has 0 aromatic carbocycles. The van der Waals surface area contributed by atoms with E-state index in [0.717, 1.165) is 5.56 Å². The topological polar surface area (TPSA) is 33.2 Å². The van der Waals surface area contributed by atoms with Gasteiger partial charge in [0.25, 0.3) is 0 Å². The molecule has 13 heavy (non-hydrogen) atoms. The van der Waals surface area contributed by atoms with Crippen LogP contribution in [-0.4, -0.2) is 36.3 Å². The third-order valence-electron chi connectivity index (χ3n) is 1.62. The Morgan fingerprint density at radius 3 is 2.85 bits per heavy atom. The lowest BCUT2D eigenvalue weighted by Gasteiger charge is -2.07. The standard InChI is InChI=1S/C10H14N2O/c1-12(2)8-10(13)6-9-4-3-5-11-7-9/h3-5,7H,6,8H2,1-2H3. The Labute approximate surface area is 78.4 Å². The number of carbonyl (C=O) groups is 1. The smallest absolute Gasteiger partial charge is 0.151 e. The van der Waals surface area contributed by atoms with Gasteiger partial charge in [-0.25, -0.2) is 0 Å². The summed E-state index contributed by atoms with van der Waals surface area (Å²) in [6, 6.07) is 3.76. The van der Waals surface area contributed by atoms with Crippen molar-refractivity contribution in [2.24, 2.45) is 0 Å². The highest BCUT2D eigenvalue weighted by Gasteiger charge is 2.04. The molecule has 0 N–H and O–H groups in total. The zero-order chi connectivity index (χ0) is 9.68. The molecule has 0 bridgehead atoms. The quantitative estimate of drug-likeness (QED) is 0.682. The maximum absolute atomic E-state index is 11.4. The van der Waals surface area contributed by atoms with Gasteiger partial charge in [-0.05, 0) is 25.7 Å². The molecule has 0 spiro atoms. The van der Waals surface area contributed by atoms with Crippen molar-refractivity contribution < 1.29 is 4.79 Å². The molecule has 0 radical (unpaired) electrons. The number of carbonyl (C=O) groups excluding carboxylic acids is 1. The zero-order valence-electron chi connectivity index (χ0n) is 8.03. The van der Waals surface area contributed by atoms with Crippen LogP contribution in [0, 0.1) is 0 Å². The van der Waals surface area contributed by atoms with Gasteiger partial charge in [0.05, 0.1) is 6.54 Å². The molecule has 3 nitrogen and oxygen atoms in total. The fourth-order valence-corrected chi connectivity index (χ4v) is 1.14. The van der Waals surface area contributed by atoms with Crippen LogP contribution >= 0.6 is 0 Å². The fourth-order valence-electron chi connectivity index (χ4n) is 1.14. The second-order valence-electron chi connectivity index (χ2n) is 3.31. The maximum Gasteiger partial charge on any atom is 0.151 e. The summed E-state index contributed by atoms with van der Waals surface area (Å²) in [6.07, 6.45) is 3.92. The molecule has 0 fully saturated rings. The fraction of sp³-hybridized carbons (Fsp3) is 0.400. The lowest BCUT2D eigenvalue weighted by Crippen LogP contribution is -2.22. The van der Waals surface area contributed by atoms with Gasteiger partial charge in [0.15, 0.2) is 5.78 Å². The number of ketones is 1. The number of nitrogens with zero attached hydrogens (tertiary/aromatic N) is 2. The minimum Gasteiger partial charge on any atom is -0.302 e. The van der Waals surface area contributed by atoms with Crippen molar-refractivity contribution in [3.8, 4) is 0 Å². The molecule has 0 aliphatic carbocycles. The van der Waals surface area contributed by atoms with Crippen LogP contribution in [0.2, 0.25) is 0 Å². The maximum atomic E-state index is 11.4. The van der Waals surface area contributed by atoms with Crippen LogP contribution in [-0.2, 0) is 11.2 Å². The Kier molecular flexibility index (Phi) is 3.58. The number of aromatic nitrogens is 1. The first-order valence-electron chi connectivity index (χ1n) is 4.24. The van der Waals surface area contributed by atoms with E-state index in [1.807, 2.05) is 31.1 Å². The third-order valence-corrected chi connectivity index (χ3v) is 1.62. The SMILES string of the molecule is CN(C)CC(=O)Cc1cccnc1. The Morgan fingerprint density at radius 2 is 2.31 bits per heavy atom. The van der Waals surface area contributed by atoms with Gasteiger partial charge in [-0.15, -0.1) is 0 Å². The first-order chi connectivity index (χ1) is 6.18. The second kappa shape index (κ2) is 4.72. The normalized spacial score (nSPS) is 10.4. The molecule has 0 aliphatic rings. The molecule has 0 unspecified atom stereocenters. The molecule has 3 heteroatoms. The van der Waals surface area contributed by atoms with E-state index in [1.54, 1.807) is 12.4 Å². The number of likely N-dealkylation sites (N-methyl/N-ethyl adjacent to an activating group) is 1. The van der Waals surface area contributed by atoms with E-state index in [1.165, 1.54) is 0 Å². The van der Waals surface area contributed by atoms with Gasteiger partial charge in [-0.2, -0.15) is 0 Å². The van der Waals surface area contributed by atoms with Crippen LogP contribution in [0.25, 0.3) is 0 Å². The van der Waals surface area contributed by atoms with E-state index in [9.17, 15) is 4.79 Å². The Morgan fingerprint density at radius 1 is 1.54 bits per heavy atom. The van der Waals surface area contributed by atoms with Crippen molar-refractivity contribution in [2.45, 2.75) is 6.42 Å². The molecule has 70 valence electrons. The molecule has 1 aromatic heterocycles. The van der Waals surface area contributed by atoms with E-state index in [0.29, 0.717) is 13.0 Å². The number of hydrogen-bond acceptors (Lipinski definition) is 3. The van der Waals surface area contributed by atoms with Gasteiger partial charge in [0, 0.05) is 18.8 Å². The Bertz CT molecular complexity index is 270. The average Bonchev–Trinajstić information content (AvgIpc) is 2.04. The summed E-state index contributed by atoms with van der Waals surface area (Å²) in [5, 5.41) is 0. The lowest BCUT2D eigenvalue weighted by atomic mass is 10.1. The van der Waals surface area contributed by atoms with Gasteiger partial charge in [-0.3, -0.25) is 9.78 Å². The van der Waals surface area contributed by atoms with Crippen LogP contribution in [0.15, 0.2) is 24.5 Å². The van der Waals surface area contributed by atoms with E-state index in [2.05, 4.69) is 4.98 Å². The average molecular weight is 178 g/mol. The van der Waals surface area contributed by atoms with E-state index in [-0.39, 0.29) is 5.78 Å². The monoisotopic (exact) mass is 178 g/mol. The molecule has 1 aromatic rings. The van der Waals surface area contributed by atoms with Crippen molar-refractivity contribution in [2.75, 3.05) is 20.6 Å². The Hall–Kier alpha value is -1.22. The number of rotatable bonds is 4. The molecular weight excluding hydrogens is 164 g/mol. The molecule has 0 aliphatic heterocycles. The van der Waals surface area contributed by atoms with Crippen LogP contribution in [0.3, 0.4) is 0 Å². The summed E-state index contributed by atoms with van der Waals surface area (Å²) >= 11 is 0. The van der Waals surface area contributed by atoms with Crippen LogP contribution in [0.1, 0.15) is 5.56 Å². The van der Waals surface area contributed by atoms with Gasteiger partial charge in [0.2, 0.25) is 0 Å². The summed E-state index contributed by atoms with van der Waals surface area (Å²) in [5.74, 6) is 0.220. The predicted molar refractivity (Wildman–Crippen MR) is 51.5 cm³/mol. The highest BCUT2D eigenvalue weighted by molar-refractivity contribution is 5.82. The predicted octanol–water partition coefficient (Wildman–Crippen LogP) is 0.755. The third kappa shape index (κ3) is 3.80. The molecule has 0 saturated carbocycles. The summed E-state index contributed by atoms with van der Waals surface area (Å²) < 4.78 is 0. The first-order valence-corrected chi connectivity index (χ1v) is 4.24. The lowest BCUT2D eigenvalue weighted by molar-refractivity contribution is -0.119. The molecule has 0 amide bonds. The minimum atomic E-state index is 0.220. The largest absolute Gasteiger partial charge is 0.302 e. The summed E-state index contributed by atoms with van der Waals surface area (Å²) in [4.78, 5) is 17.2. The number of pyridine rings is 1. The Balaban J connectivity index is 2.46. The molecular formula is C10H14N2O. The molecule has 1 rings (SSSR count). The van der Waals surface area contributed by atoms with Crippen LogP contribution in [0.5, 0.6) is 0 Å². The van der Waals surface area contributed by atoms with Gasteiger partial charge in [-0.1, -0.05) is 6.07 Å². The van der Waals surface area contributed by atoms with Crippen molar-refractivity contribution >= 4 is 5.78 Å². The second-order valence-corrected chi connectivity index (χ2v) is 3.31. The molecule has 0 atom stereocenters. The van der Waals surface area contributed by atoms with E-state index < -0.39 is 0 Å². The van der Waals surface area contributed by atoms with Crippen molar-refractivity contribution in [3.63, 3.8) is 0 Å². The summed E-state index contributed by atoms with van der Waals surface area (Å²) in [7, 11) is 3.78. The highest BCUT2D eigenvalue weighted by Crippen LogP contribution is 1.97. The number of Topliss-reactive ketones (excluding diaryl/α,β-unsaturated/α-hetero) is 1. The van der Waals surface area contributed by atoms with Crippen LogP contribution < -0.4 is 0 Å². The van der Waals surface area contributed by atoms with Crippen molar-refractivity contribution in [1.29, 1.82) is 0 Å². The van der Waals surface area contributed by atoms with E-state index in [4.69, 9.17) is 0 Å². The van der Waals surface area contributed by atoms with Crippen molar-refractivity contribution in [3.05, 3.63) is 30.1 Å². The van der Waals surface area contributed by atoms with Crippen molar-refractivity contribution in [1.82, 2.24) is 9.88 Å². The summed E-state index contributed by atoms with van der Waals surface area (Å²) in [5.41, 5.74) is 0.981. The zero-order valence-corrected chi connectivity index (χ0v) is 8.03.